The summed E-state index contributed by atoms with van der Waals surface area (Å²) in [5.74, 6) is 0.662. The number of nitrogens with zero attached hydrogens (tertiary/aromatic N) is 1. The molecule has 0 fully saturated rings. The molecule has 1 aliphatic rings. The van der Waals surface area contributed by atoms with E-state index >= 15 is 0 Å². The second-order valence-corrected chi connectivity index (χ2v) is 2.86. The zero-order valence-corrected chi connectivity index (χ0v) is 9.58. The minimum absolute atomic E-state index is 0.662. The lowest BCUT2D eigenvalue weighted by Gasteiger charge is -1.91. The van der Waals surface area contributed by atoms with Crippen LogP contribution in [-0.2, 0) is 0 Å². The molecule has 80 valence electrons. The number of hydrogen-bond acceptors (Lipinski definition) is 2. The third kappa shape index (κ3) is 2.27. The largest absolute Gasteiger partial charge is 0.436 e. The molecule has 0 N–H and O–H groups in total. The summed E-state index contributed by atoms with van der Waals surface area (Å²) in [7, 11) is 0. The molecular weight excluding hydrogens is 186 g/mol. The van der Waals surface area contributed by atoms with Gasteiger partial charge in [0.1, 0.15) is 5.35 Å². The van der Waals surface area contributed by atoms with Crippen molar-refractivity contribution in [3.8, 4) is 0 Å². The zero-order valence-electron chi connectivity index (χ0n) is 9.58. The Labute approximate surface area is 90.3 Å². The van der Waals surface area contributed by atoms with E-state index in [2.05, 4.69) is 17.6 Å². The van der Waals surface area contributed by atoms with E-state index in [4.69, 9.17) is 4.42 Å². The first-order valence-electron chi connectivity index (χ1n) is 5.31. The van der Waals surface area contributed by atoms with Crippen molar-refractivity contribution in [1.29, 1.82) is 0 Å². The Kier molecular flexibility index (Phi) is 4.10. The maximum atomic E-state index is 5.53. The fraction of sp³-hybridized carbons (Fsp3) is 0.308. The third-order valence-corrected chi connectivity index (χ3v) is 2.07. The number of fused-ring (bicyclic) bond motifs is 1. The van der Waals surface area contributed by atoms with Crippen molar-refractivity contribution >= 4 is 17.7 Å². The summed E-state index contributed by atoms with van der Waals surface area (Å²) >= 11 is 0. The van der Waals surface area contributed by atoms with Crippen molar-refractivity contribution < 1.29 is 4.42 Å². The Bertz CT molecular complexity index is 446. The maximum absolute atomic E-state index is 5.53. The Morgan fingerprint density at radius 2 is 2.20 bits per heavy atom. The Hall–Kier alpha value is -1.57. The van der Waals surface area contributed by atoms with Crippen LogP contribution in [0.25, 0.3) is 17.7 Å². The summed E-state index contributed by atoms with van der Waals surface area (Å²) in [5, 5.41) is 0.955. The monoisotopic (exact) mass is 203 g/mol. The molecule has 1 heterocycles. The predicted octanol–water partition coefficient (Wildman–Crippen LogP) is 2.25. The number of rotatable bonds is 2. The van der Waals surface area contributed by atoms with Crippen LogP contribution < -0.4 is 10.8 Å². The topological polar surface area (TPSA) is 26.0 Å². The summed E-state index contributed by atoms with van der Waals surface area (Å²) in [6.07, 6.45) is 8.70. The highest BCUT2D eigenvalue weighted by molar-refractivity contribution is 5.67. The fourth-order valence-corrected chi connectivity index (χ4v) is 1.37. The molecule has 0 bridgehead atoms. The molecule has 0 atom stereocenters. The number of allylic oxidation sites excluding steroid dienone is 3. The van der Waals surface area contributed by atoms with Gasteiger partial charge in [-0.25, -0.2) is 4.98 Å². The van der Waals surface area contributed by atoms with Crippen LogP contribution in [0.1, 0.15) is 33.1 Å². The smallest absolute Gasteiger partial charge is 0.226 e. The molecular formula is C13H17NO. The second-order valence-electron chi connectivity index (χ2n) is 2.86. The molecule has 2 heteroatoms. The SMILES string of the molecule is C=C/C(=C\C)c1nc2c(o1)=CCC=2.CC. The van der Waals surface area contributed by atoms with E-state index in [1.165, 1.54) is 0 Å². The van der Waals surface area contributed by atoms with Gasteiger partial charge < -0.3 is 4.42 Å². The highest BCUT2D eigenvalue weighted by Gasteiger charge is 2.06. The Morgan fingerprint density at radius 3 is 2.73 bits per heavy atom. The first kappa shape index (κ1) is 11.5. The molecule has 0 saturated carbocycles. The normalized spacial score (nSPS) is 13.1. The Morgan fingerprint density at radius 1 is 1.47 bits per heavy atom. The van der Waals surface area contributed by atoms with Gasteiger partial charge in [-0.15, -0.1) is 0 Å². The molecule has 2 nitrogen and oxygen atoms in total. The molecule has 0 spiro atoms. The first-order valence-corrected chi connectivity index (χ1v) is 5.31. The van der Waals surface area contributed by atoms with Gasteiger partial charge in [0, 0.05) is 5.57 Å². The van der Waals surface area contributed by atoms with Gasteiger partial charge in [0.05, 0.1) is 0 Å². The highest BCUT2D eigenvalue weighted by atomic mass is 16.3. The zero-order chi connectivity index (χ0) is 11.3. The Balaban J connectivity index is 0.000000531. The van der Waals surface area contributed by atoms with E-state index in [0.717, 1.165) is 22.8 Å². The summed E-state index contributed by atoms with van der Waals surface area (Å²) in [4.78, 5) is 4.34. The second kappa shape index (κ2) is 5.35. The minimum atomic E-state index is 0.662. The van der Waals surface area contributed by atoms with Gasteiger partial charge in [0.25, 0.3) is 0 Å². The van der Waals surface area contributed by atoms with Gasteiger partial charge >= 0.3 is 0 Å². The fourth-order valence-electron chi connectivity index (χ4n) is 1.37. The number of aromatic nitrogens is 1. The molecule has 1 aliphatic carbocycles. The molecule has 0 radical (unpaired) electrons. The van der Waals surface area contributed by atoms with E-state index in [-0.39, 0.29) is 0 Å². The number of hydrogen-bond donors (Lipinski definition) is 0. The first-order chi connectivity index (χ1) is 7.35. The van der Waals surface area contributed by atoms with E-state index in [1.807, 2.05) is 32.9 Å². The van der Waals surface area contributed by atoms with Gasteiger partial charge in [-0.2, -0.15) is 0 Å². The summed E-state index contributed by atoms with van der Waals surface area (Å²) in [6, 6.07) is 0. The molecule has 0 amide bonds. The van der Waals surface area contributed by atoms with Crippen molar-refractivity contribution in [2.24, 2.45) is 0 Å². The minimum Gasteiger partial charge on any atom is -0.436 e. The van der Waals surface area contributed by atoms with Gasteiger partial charge in [-0.1, -0.05) is 38.7 Å². The molecule has 1 aromatic rings. The van der Waals surface area contributed by atoms with Gasteiger partial charge in [-0.05, 0) is 19.4 Å². The van der Waals surface area contributed by atoms with Crippen molar-refractivity contribution in [2.45, 2.75) is 27.2 Å². The molecule has 0 aliphatic heterocycles. The van der Waals surface area contributed by atoms with Crippen LogP contribution in [0.2, 0.25) is 0 Å². The lowest BCUT2D eigenvalue weighted by molar-refractivity contribution is 0.512. The molecule has 0 saturated heterocycles. The average Bonchev–Trinajstić information content (AvgIpc) is 2.83. The van der Waals surface area contributed by atoms with Crippen molar-refractivity contribution in [1.82, 2.24) is 4.98 Å². The summed E-state index contributed by atoms with van der Waals surface area (Å²) in [5.41, 5.74) is 1.83. The van der Waals surface area contributed by atoms with Crippen LogP contribution in [0, 0.1) is 0 Å². The highest BCUT2D eigenvalue weighted by Crippen LogP contribution is 2.09. The van der Waals surface area contributed by atoms with Crippen molar-refractivity contribution in [3.63, 3.8) is 0 Å². The standard InChI is InChI=1S/C11H11NO.C2H6/c1-3-8(4-2)11-12-9-6-5-7-10(9)13-11;1-2/h3-4,6-7H,1,5H2,2H3;1-2H3/b8-4+;. The van der Waals surface area contributed by atoms with E-state index < -0.39 is 0 Å². The predicted molar refractivity (Wildman–Crippen MR) is 64.5 cm³/mol. The van der Waals surface area contributed by atoms with Crippen molar-refractivity contribution in [3.05, 3.63) is 35.4 Å². The van der Waals surface area contributed by atoms with Gasteiger partial charge in [0.15, 0.2) is 5.42 Å². The van der Waals surface area contributed by atoms with Crippen LogP contribution in [0.15, 0.2) is 23.1 Å². The molecule has 1 aromatic heterocycles. The summed E-state index contributed by atoms with van der Waals surface area (Å²) in [6.45, 7) is 9.65. The van der Waals surface area contributed by atoms with E-state index in [9.17, 15) is 0 Å². The molecule has 0 aromatic carbocycles. The quantitative estimate of drug-likeness (QED) is 0.689. The van der Waals surface area contributed by atoms with E-state index in [0.29, 0.717) is 5.89 Å². The summed E-state index contributed by atoms with van der Waals surface area (Å²) < 4.78 is 5.53. The van der Waals surface area contributed by atoms with Crippen LogP contribution in [0.3, 0.4) is 0 Å². The molecule has 2 rings (SSSR count). The third-order valence-electron chi connectivity index (χ3n) is 2.07. The molecule has 0 unspecified atom stereocenters. The van der Waals surface area contributed by atoms with Crippen LogP contribution in [-0.4, -0.2) is 4.98 Å². The number of oxazole rings is 1. The van der Waals surface area contributed by atoms with E-state index in [1.54, 1.807) is 6.08 Å². The lowest BCUT2D eigenvalue weighted by Crippen LogP contribution is -2.17. The van der Waals surface area contributed by atoms with Crippen LogP contribution in [0.5, 0.6) is 0 Å². The van der Waals surface area contributed by atoms with Crippen LogP contribution >= 0.6 is 0 Å². The van der Waals surface area contributed by atoms with Gasteiger partial charge in [0.2, 0.25) is 5.89 Å². The van der Waals surface area contributed by atoms with Crippen LogP contribution in [0.4, 0.5) is 0 Å². The average molecular weight is 203 g/mol. The van der Waals surface area contributed by atoms with Gasteiger partial charge in [-0.3, -0.25) is 0 Å². The van der Waals surface area contributed by atoms with Crippen molar-refractivity contribution in [2.75, 3.05) is 0 Å². The maximum Gasteiger partial charge on any atom is 0.226 e. The molecule has 15 heavy (non-hydrogen) atoms. The lowest BCUT2D eigenvalue weighted by atomic mass is 10.2.